The summed E-state index contributed by atoms with van der Waals surface area (Å²) >= 11 is 0. The summed E-state index contributed by atoms with van der Waals surface area (Å²) < 4.78 is 0. The molecule has 8 nitrogen and oxygen atoms in total. The molecule has 1 spiro atoms. The van der Waals surface area contributed by atoms with Crippen LogP contribution in [0, 0.1) is 0 Å². The molecule has 0 unspecified atom stereocenters. The quantitative estimate of drug-likeness (QED) is 0.718. The van der Waals surface area contributed by atoms with Crippen LogP contribution in [0.2, 0.25) is 0 Å². The molecule has 2 aliphatic heterocycles. The summed E-state index contributed by atoms with van der Waals surface area (Å²) in [5.74, 6) is -0.0937. The Bertz CT molecular complexity index is 541. The number of hydrogen-bond donors (Lipinski definition) is 2. The fraction of sp³-hybridized carbons (Fsp3) is 0.538. The number of amides is 3. The van der Waals surface area contributed by atoms with Gasteiger partial charge < -0.3 is 15.5 Å². The van der Waals surface area contributed by atoms with Crippen LogP contribution in [0.1, 0.15) is 23.3 Å². The lowest BCUT2D eigenvalue weighted by Gasteiger charge is -2.43. The number of primary amides is 1. The highest BCUT2D eigenvalue weighted by molar-refractivity contribution is 5.92. The van der Waals surface area contributed by atoms with Crippen molar-refractivity contribution < 1.29 is 9.59 Å². The number of likely N-dealkylation sites (tertiary alicyclic amines) is 1. The van der Waals surface area contributed by atoms with Crippen LogP contribution in [0.25, 0.3) is 0 Å². The van der Waals surface area contributed by atoms with E-state index in [-0.39, 0.29) is 11.4 Å². The molecule has 112 valence electrons. The van der Waals surface area contributed by atoms with Gasteiger partial charge in [0.05, 0.1) is 12.2 Å². The average Bonchev–Trinajstić information content (AvgIpc) is 2.92. The van der Waals surface area contributed by atoms with E-state index in [2.05, 4.69) is 15.3 Å². The summed E-state index contributed by atoms with van der Waals surface area (Å²) in [6.45, 7) is 2.39. The first-order valence-electron chi connectivity index (χ1n) is 6.95. The number of nitrogens with one attached hydrogen (secondary N) is 1. The largest absolute Gasteiger partial charge is 0.351 e. The second kappa shape index (κ2) is 5.28. The number of carbonyl (C=O) groups excluding carboxylic acids is 2. The van der Waals surface area contributed by atoms with E-state index in [1.54, 1.807) is 22.1 Å². The molecule has 2 saturated heterocycles. The SMILES string of the molecule is NC(=O)N1CNCC12CCN(C(=O)c1ccncn1)CC2. The molecule has 2 fully saturated rings. The highest BCUT2D eigenvalue weighted by atomic mass is 16.2. The van der Waals surface area contributed by atoms with Gasteiger partial charge in [0.2, 0.25) is 0 Å². The van der Waals surface area contributed by atoms with Gasteiger partial charge >= 0.3 is 6.03 Å². The molecule has 21 heavy (non-hydrogen) atoms. The third-order valence-corrected chi connectivity index (χ3v) is 4.35. The number of aromatic nitrogens is 2. The Morgan fingerprint density at radius 3 is 2.71 bits per heavy atom. The molecule has 0 aromatic carbocycles. The van der Waals surface area contributed by atoms with E-state index in [0.29, 0.717) is 25.5 Å². The van der Waals surface area contributed by atoms with Crippen molar-refractivity contribution in [1.29, 1.82) is 0 Å². The van der Waals surface area contributed by atoms with Gasteiger partial charge in [-0.3, -0.25) is 10.1 Å². The molecule has 3 heterocycles. The highest BCUT2D eigenvalue weighted by Gasteiger charge is 2.45. The van der Waals surface area contributed by atoms with Crippen molar-refractivity contribution in [3.8, 4) is 0 Å². The molecule has 0 atom stereocenters. The van der Waals surface area contributed by atoms with Crippen molar-refractivity contribution >= 4 is 11.9 Å². The summed E-state index contributed by atoms with van der Waals surface area (Å²) in [6, 6.07) is 1.20. The third kappa shape index (κ3) is 2.42. The first-order valence-corrected chi connectivity index (χ1v) is 6.95. The summed E-state index contributed by atoms with van der Waals surface area (Å²) in [5, 5.41) is 3.19. The molecule has 0 bridgehead atoms. The smallest absolute Gasteiger partial charge is 0.316 e. The minimum atomic E-state index is -0.407. The van der Waals surface area contributed by atoms with Crippen molar-refractivity contribution in [3.63, 3.8) is 0 Å². The number of hydrogen-bond acceptors (Lipinski definition) is 5. The minimum Gasteiger partial charge on any atom is -0.351 e. The van der Waals surface area contributed by atoms with Crippen LogP contribution >= 0.6 is 0 Å². The van der Waals surface area contributed by atoms with E-state index < -0.39 is 6.03 Å². The lowest BCUT2D eigenvalue weighted by Crippen LogP contribution is -2.57. The first kappa shape index (κ1) is 13.7. The normalized spacial score (nSPS) is 20.8. The zero-order chi connectivity index (χ0) is 14.9. The zero-order valence-corrected chi connectivity index (χ0v) is 11.7. The standard InChI is InChI=1S/C13H18N6O2/c14-12(21)19-9-16-7-13(19)2-5-18(6-3-13)11(20)10-1-4-15-8-17-10/h1,4,8,16H,2-3,5-7,9H2,(H2,14,21). The highest BCUT2D eigenvalue weighted by Crippen LogP contribution is 2.31. The second-order valence-electron chi connectivity index (χ2n) is 5.46. The predicted molar refractivity (Wildman–Crippen MR) is 74.2 cm³/mol. The van der Waals surface area contributed by atoms with Crippen LogP contribution in [0.5, 0.6) is 0 Å². The van der Waals surface area contributed by atoms with Crippen LogP contribution < -0.4 is 11.1 Å². The van der Waals surface area contributed by atoms with Crippen LogP contribution in [-0.4, -0.2) is 63.5 Å². The molecule has 3 amide bonds. The van der Waals surface area contributed by atoms with Crippen LogP contribution in [0.3, 0.4) is 0 Å². The molecule has 2 aliphatic rings. The molecule has 1 aromatic rings. The number of nitrogens with two attached hydrogens (primary N) is 1. The summed E-state index contributed by atoms with van der Waals surface area (Å²) in [5.41, 5.74) is 5.58. The fourth-order valence-electron chi connectivity index (χ4n) is 3.13. The second-order valence-corrected chi connectivity index (χ2v) is 5.46. The van der Waals surface area contributed by atoms with Gasteiger partial charge in [-0.05, 0) is 18.9 Å². The molecule has 0 saturated carbocycles. The Labute approximate surface area is 122 Å². The fourth-order valence-corrected chi connectivity index (χ4v) is 3.13. The Balaban J connectivity index is 1.68. The van der Waals surface area contributed by atoms with Gasteiger partial charge in [-0.25, -0.2) is 14.8 Å². The number of nitrogens with zero attached hydrogens (tertiary/aromatic N) is 4. The van der Waals surface area contributed by atoms with Gasteiger partial charge in [0, 0.05) is 25.8 Å². The Morgan fingerprint density at radius 2 is 2.10 bits per heavy atom. The maximum atomic E-state index is 12.3. The van der Waals surface area contributed by atoms with Crippen LogP contribution in [0.4, 0.5) is 4.79 Å². The molecular weight excluding hydrogens is 272 g/mol. The first-order chi connectivity index (χ1) is 10.1. The van der Waals surface area contributed by atoms with E-state index in [9.17, 15) is 9.59 Å². The lowest BCUT2D eigenvalue weighted by atomic mass is 9.87. The Kier molecular flexibility index (Phi) is 3.46. The summed E-state index contributed by atoms with van der Waals surface area (Å²) in [6.07, 6.45) is 4.37. The monoisotopic (exact) mass is 290 g/mol. The zero-order valence-electron chi connectivity index (χ0n) is 11.7. The molecule has 0 aliphatic carbocycles. The molecule has 8 heteroatoms. The maximum absolute atomic E-state index is 12.3. The van der Waals surface area contributed by atoms with E-state index in [0.717, 1.165) is 19.4 Å². The predicted octanol–water partition coefficient (Wildman–Crippen LogP) is -0.607. The van der Waals surface area contributed by atoms with Crippen LogP contribution in [0.15, 0.2) is 18.6 Å². The average molecular weight is 290 g/mol. The number of urea groups is 1. The number of rotatable bonds is 1. The maximum Gasteiger partial charge on any atom is 0.316 e. The van der Waals surface area contributed by atoms with E-state index in [1.165, 1.54) is 6.33 Å². The van der Waals surface area contributed by atoms with E-state index >= 15 is 0 Å². The van der Waals surface area contributed by atoms with Crippen molar-refractivity contribution in [3.05, 3.63) is 24.3 Å². The molecule has 3 N–H and O–H groups in total. The summed E-state index contributed by atoms with van der Waals surface area (Å²) in [7, 11) is 0. The lowest BCUT2D eigenvalue weighted by molar-refractivity contribution is 0.0545. The summed E-state index contributed by atoms with van der Waals surface area (Å²) in [4.78, 5) is 35.1. The Hall–Kier alpha value is -2.22. The van der Waals surface area contributed by atoms with Crippen molar-refractivity contribution in [2.45, 2.75) is 18.4 Å². The van der Waals surface area contributed by atoms with Gasteiger partial charge in [-0.1, -0.05) is 0 Å². The molecular formula is C13H18N6O2. The van der Waals surface area contributed by atoms with Crippen LogP contribution in [-0.2, 0) is 0 Å². The minimum absolute atomic E-state index is 0.0937. The van der Waals surface area contributed by atoms with Gasteiger partial charge in [-0.2, -0.15) is 0 Å². The Morgan fingerprint density at radius 1 is 1.33 bits per heavy atom. The van der Waals surface area contributed by atoms with Crippen molar-refractivity contribution in [2.75, 3.05) is 26.3 Å². The van der Waals surface area contributed by atoms with Crippen molar-refractivity contribution in [1.82, 2.24) is 25.1 Å². The van der Waals surface area contributed by atoms with Gasteiger partial charge in [0.15, 0.2) is 0 Å². The van der Waals surface area contributed by atoms with Gasteiger partial charge in [-0.15, -0.1) is 0 Å². The molecule has 3 rings (SSSR count). The van der Waals surface area contributed by atoms with Gasteiger partial charge in [0.1, 0.15) is 12.0 Å². The number of piperidine rings is 1. The van der Waals surface area contributed by atoms with Gasteiger partial charge in [0.25, 0.3) is 5.91 Å². The van der Waals surface area contributed by atoms with E-state index in [4.69, 9.17) is 5.73 Å². The van der Waals surface area contributed by atoms with E-state index in [1.807, 2.05) is 0 Å². The third-order valence-electron chi connectivity index (χ3n) is 4.35. The topological polar surface area (TPSA) is 104 Å². The molecule has 0 radical (unpaired) electrons. The number of carbonyl (C=O) groups is 2. The van der Waals surface area contributed by atoms with Crippen molar-refractivity contribution in [2.24, 2.45) is 5.73 Å². The molecule has 1 aromatic heterocycles.